The molecule has 0 unspecified atom stereocenters. The first-order valence-electron chi connectivity index (χ1n) is 4.18. The van der Waals surface area contributed by atoms with Gasteiger partial charge in [-0.15, -0.1) is 0 Å². The summed E-state index contributed by atoms with van der Waals surface area (Å²) in [5.74, 6) is 0.651. The molecule has 0 aromatic carbocycles. The molecule has 15 heavy (non-hydrogen) atoms. The van der Waals surface area contributed by atoms with E-state index in [1.54, 1.807) is 35.4 Å². The van der Waals surface area contributed by atoms with E-state index in [0.717, 1.165) is 4.47 Å². The number of hydrogen-bond acceptors (Lipinski definition) is 3. The molecule has 5 nitrogen and oxygen atoms in total. The molecule has 0 fully saturated rings. The molecule has 0 aliphatic carbocycles. The first kappa shape index (κ1) is 9.85. The first-order chi connectivity index (χ1) is 7.16. The summed E-state index contributed by atoms with van der Waals surface area (Å²) in [6.45, 7) is 0. The molecule has 0 amide bonds. The van der Waals surface area contributed by atoms with Crippen LogP contribution in [0.3, 0.4) is 0 Å². The minimum Gasteiger partial charge on any atom is -0.384 e. The van der Waals surface area contributed by atoms with Crippen LogP contribution in [0.5, 0.6) is 0 Å². The fraction of sp³-hybridized carbons (Fsp3) is 0. The highest BCUT2D eigenvalue weighted by molar-refractivity contribution is 9.10. The van der Waals surface area contributed by atoms with Gasteiger partial charge in [0.1, 0.15) is 5.84 Å². The van der Waals surface area contributed by atoms with Gasteiger partial charge in [0.05, 0.1) is 10.7 Å². The smallest absolute Gasteiger partial charge is 0.154 e. The minimum atomic E-state index is 0.0184. The summed E-state index contributed by atoms with van der Waals surface area (Å²) >= 11 is 3.30. The standard InChI is InChI=1S/C9H8BrN5/c10-7-4-14-15(5-7)8-3-6(9(11)12)1-2-13-8/h1-5H,(H3,11,12). The summed E-state index contributed by atoms with van der Waals surface area (Å²) in [6, 6.07) is 3.39. The summed E-state index contributed by atoms with van der Waals surface area (Å²) in [4.78, 5) is 4.13. The second-order valence-corrected chi connectivity index (χ2v) is 3.84. The molecule has 2 rings (SSSR count). The number of halogens is 1. The van der Waals surface area contributed by atoms with Crippen molar-refractivity contribution in [3.63, 3.8) is 0 Å². The third-order valence-electron chi connectivity index (χ3n) is 1.84. The molecule has 3 N–H and O–H groups in total. The van der Waals surface area contributed by atoms with Crippen LogP contribution in [0.4, 0.5) is 0 Å². The number of pyridine rings is 1. The highest BCUT2D eigenvalue weighted by atomic mass is 79.9. The second kappa shape index (κ2) is 3.82. The van der Waals surface area contributed by atoms with Crippen molar-refractivity contribution in [3.05, 3.63) is 40.8 Å². The SMILES string of the molecule is N=C(N)c1ccnc(-n2cc(Br)cn2)c1. The molecule has 76 valence electrons. The molecule has 0 saturated heterocycles. The average molecular weight is 266 g/mol. The van der Waals surface area contributed by atoms with Crippen LogP contribution in [0.25, 0.3) is 5.82 Å². The normalized spacial score (nSPS) is 10.2. The van der Waals surface area contributed by atoms with Gasteiger partial charge in [0, 0.05) is 18.0 Å². The van der Waals surface area contributed by atoms with E-state index in [2.05, 4.69) is 26.0 Å². The van der Waals surface area contributed by atoms with Crippen LogP contribution in [0, 0.1) is 5.41 Å². The van der Waals surface area contributed by atoms with Crippen LogP contribution in [0.2, 0.25) is 0 Å². The van der Waals surface area contributed by atoms with Crippen LogP contribution in [0.15, 0.2) is 35.2 Å². The lowest BCUT2D eigenvalue weighted by molar-refractivity contribution is 0.846. The van der Waals surface area contributed by atoms with Crippen molar-refractivity contribution in [2.24, 2.45) is 5.73 Å². The van der Waals surface area contributed by atoms with Crippen LogP contribution < -0.4 is 5.73 Å². The highest BCUT2D eigenvalue weighted by Gasteiger charge is 2.02. The van der Waals surface area contributed by atoms with Gasteiger partial charge in [0.15, 0.2) is 5.82 Å². The Morgan fingerprint density at radius 3 is 2.93 bits per heavy atom. The predicted molar refractivity (Wildman–Crippen MR) is 60.1 cm³/mol. The number of nitrogens with two attached hydrogens (primary N) is 1. The number of aromatic nitrogens is 3. The summed E-state index contributed by atoms with van der Waals surface area (Å²) < 4.78 is 2.48. The van der Waals surface area contributed by atoms with Gasteiger partial charge in [0.2, 0.25) is 0 Å². The van der Waals surface area contributed by atoms with Crippen molar-refractivity contribution in [3.8, 4) is 5.82 Å². The lowest BCUT2D eigenvalue weighted by atomic mass is 10.2. The third-order valence-corrected chi connectivity index (χ3v) is 2.25. The van der Waals surface area contributed by atoms with E-state index in [1.165, 1.54) is 0 Å². The Bertz CT molecular complexity index is 505. The molecule has 2 aromatic heterocycles. The van der Waals surface area contributed by atoms with Gasteiger partial charge < -0.3 is 5.73 Å². The lowest BCUT2D eigenvalue weighted by Crippen LogP contribution is -2.12. The summed E-state index contributed by atoms with van der Waals surface area (Å²) in [5, 5.41) is 11.4. The minimum absolute atomic E-state index is 0.0184. The average Bonchev–Trinajstić information content (AvgIpc) is 2.65. The monoisotopic (exact) mass is 265 g/mol. The molecule has 2 aromatic rings. The van der Waals surface area contributed by atoms with Gasteiger partial charge in [0.25, 0.3) is 0 Å². The zero-order chi connectivity index (χ0) is 10.8. The lowest BCUT2D eigenvalue weighted by Gasteiger charge is -2.02. The first-order valence-corrected chi connectivity index (χ1v) is 4.97. The van der Waals surface area contributed by atoms with Gasteiger partial charge in [-0.3, -0.25) is 5.41 Å². The number of nitrogens with zero attached hydrogens (tertiary/aromatic N) is 3. The van der Waals surface area contributed by atoms with Gasteiger partial charge >= 0.3 is 0 Å². The third kappa shape index (κ3) is 2.04. The Labute approximate surface area is 94.6 Å². The molecular weight excluding hydrogens is 258 g/mol. The van der Waals surface area contributed by atoms with Gasteiger partial charge in [-0.1, -0.05) is 0 Å². The predicted octanol–water partition coefficient (Wildman–Crippen LogP) is 1.31. The summed E-state index contributed by atoms with van der Waals surface area (Å²) in [6.07, 6.45) is 5.05. The van der Waals surface area contributed by atoms with Crippen LogP contribution >= 0.6 is 15.9 Å². The molecule has 2 heterocycles. The molecule has 0 saturated carbocycles. The highest BCUT2D eigenvalue weighted by Crippen LogP contribution is 2.11. The quantitative estimate of drug-likeness (QED) is 0.635. The van der Waals surface area contributed by atoms with E-state index in [1.807, 2.05) is 0 Å². The van der Waals surface area contributed by atoms with Crippen molar-refractivity contribution in [2.45, 2.75) is 0 Å². The molecule has 0 aliphatic rings. The van der Waals surface area contributed by atoms with Crippen LogP contribution in [0.1, 0.15) is 5.56 Å². The molecule has 0 spiro atoms. The van der Waals surface area contributed by atoms with Crippen molar-refractivity contribution in [1.29, 1.82) is 5.41 Å². The van der Waals surface area contributed by atoms with E-state index in [9.17, 15) is 0 Å². The maximum atomic E-state index is 7.31. The summed E-state index contributed by atoms with van der Waals surface area (Å²) in [7, 11) is 0. The van der Waals surface area contributed by atoms with E-state index >= 15 is 0 Å². The van der Waals surface area contributed by atoms with Crippen molar-refractivity contribution >= 4 is 21.8 Å². The van der Waals surface area contributed by atoms with Crippen LogP contribution in [-0.2, 0) is 0 Å². The zero-order valence-electron chi connectivity index (χ0n) is 7.68. The topological polar surface area (TPSA) is 80.6 Å². The Balaban J connectivity index is 2.45. The summed E-state index contributed by atoms with van der Waals surface area (Å²) in [5.41, 5.74) is 6.01. The van der Waals surface area contributed by atoms with E-state index < -0.39 is 0 Å². The molecular formula is C9H8BrN5. The Hall–Kier alpha value is -1.69. The molecule has 6 heteroatoms. The van der Waals surface area contributed by atoms with Gasteiger partial charge in [-0.05, 0) is 28.1 Å². The molecule has 0 aliphatic heterocycles. The number of rotatable bonds is 2. The van der Waals surface area contributed by atoms with Crippen molar-refractivity contribution < 1.29 is 0 Å². The Morgan fingerprint density at radius 1 is 1.53 bits per heavy atom. The number of amidine groups is 1. The fourth-order valence-corrected chi connectivity index (χ4v) is 1.42. The molecule has 0 bridgehead atoms. The van der Waals surface area contributed by atoms with Gasteiger partial charge in [-0.25, -0.2) is 9.67 Å². The Morgan fingerprint density at radius 2 is 2.33 bits per heavy atom. The van der Waals surface area contributed by atoms with Crippen LogP contribution in [-0.4, -0.2) is 20.6 Å². The van der Waals surface area contributed by atoms with Crippen molar-refractivity contribution in [1.82, 2.24) is 14.8 Å². The zero-order valence-corrected chi connectivity index (χ0v) is 9.27. The largest absolute Gasteiger partial charge is 0.384 e. The molecule has 0 radical (unpaired) electrons. The van der Waals surface area contributed by atoms with E-state index in [0.29, 0.717) is 11.4 Å². The van der Waals surface area contributed by atoms with E-state index in [4.69, 9.17) is 11.1 Å². The Kier molecular flexibility index (Phi) is 2.51. The van der Waals surface area contributed by atoms with Crippen molar-refractivity contribution in [2.75, 3.05) is 0 Å². The number of nitrogen functional groups attached to an aromatic ring is 1. The maximum absolute atomic E-state index is 7.31. The second-order valence-electron chi connectivity index (χ2n) is 2.92. The molecule has 0 atom stereocenters. The van der Waals surface area contributed by atoms with E-state index in [-0.39, 0.29) is 5.84 Å². The fourth-order valence-electron chi connectivity index (χ4n) is 1.14. The maximum Gasteiger partial charge on any atom is 0.154 e. The number of nitrogens with one attached hydrogen (secondary N) is 1. The van der Waals surface area contributed by atoms with Gasteiger partial charge in [-0.2, -0.15) is 5.10 Å². The number of hydrogen-bond donors (Lipinski definition) is 2.